The summed E-state index contributed by atoms with van der Waals surface area (Å²) in [5.41, 5.74) is 6.12. The van der Waals surface area contributed by atoms with Gasteiger partial charge in [-0.2, -0.15) is 0 Å². The first-order valence-corrected chi connectivity index (χ1v) is 5.88. The molecule has 20 heavy (non-hydrogen) atoms. The van der Waals surface area contributed by atoms with Crippen molar-refractivity contribution < 1.29 is 23.9 Å². The predicted octanol–water partition coefficient (Wildman–Crippen LogP) is 0.0587. The zero-order chi connectivity index (χ0) is 15.0. The van der Waals surface area contributed by atoms with Gasteiger partial charge in [-0.05, 0) is 12.1 Å². The van der Waals surface area contributed by atoms with Crippen LogP contribution in [0.3, 0.4) is 0 Å². The van der Waals surface area contributed by atoms with Crippen LogP contribution < -0.4 is 11.1 Å². The van der Waals surface area contributed by atoms with Crippen LogP contribution in [0.1, 0.15) is 6.42 Å². The van der Waals surface area contributed by atoms with Gasteiger partial charge in [0.1, 0.15) is 12.6 Å². The van der Waals surface area contributed by atoms with E-state index in [4.69, 9.17) is 5.73 Å². The minimum atomic E-state index is -1.22. The summed E-state index contributed by atoms with van der Waals surface area (Å²) in [5, 5.41) is 2.78. The van der Waals surface area contributed by atoms with Crippen molar-refractivity contribution in [3.05, 3.63) is 30.3 Å². The van der Waals surface area contributed by atoms with E-state index in [1.807, 2.05) is 6.07 Å². The number of carbonyl (C=O) groups excluding carboxylic acids is 3. The second kappa shape index (κ2) is 7.90. The average Bonchev–Trinajstić information content (AvgIpc) is 2.45. The number of rotatable bonds is 6. The third kappa shape index (κ3) is 5.49. The van der Waals surface area contributed by atoms with Crippen molar-refractivity contribution in [2.45, 2.75) is 12.5 Å². The molecule has 0 aliphatic heterocycles. The molecule has 1 aromatic rings. The topological polar surface area (TPSA) is 108 Å². The molecule has 0 heterocycles. The summed E-state index contributed by atoms with van der Waals surface area (Å²) in [5.74, 6) is -2.39. The van der Waals surface area contributed by atoms with E-state index in [9.17, 15) is 14.4 Å². The van der Waals surface area contributed by atoms with E-state index in [-0.39, 0.29) is 13.0 Å². The van der Waals surface area contributed by atoms with Crippen LogP contribution >= 0.6 is 0 Å². The lowest BCUT2D eigenvalue weighted by Crippen LogP contribution is -2.37. The SMILES string of the molecule is COC(=O)C[C@H](N)C(=O)OC(=O)CNc1ccccc1. The van der Waals surface area contributed by atoms with Crippen LogP contribution in [0, 0.1) is 0 Å². The van der Waals surface area contributed by atoms with Crippen LogP contribution in [0.5, 0.6) is 0 Å². The summed E-state index contributed by atoms with van der Waals surface area (Å²) in [6.07, 6.45) is -0.339. The highest BCUT2D eigenvalue weighted by atomic mass is 16.6. The minimum absolute atomic E-state index is 0.180. The second-order valence-corrected chi connectivity index (χ2v) is 3.90. The monoisotopic (exact) mass is 280 g/mol. The Labute approximate surface area is 116 Å². The van der Waals surface area contributed by atoms with E-state index in [0.717, 1.165) is 5.69 Å². The maximum Gasteiger partial charge on any atom is 0.333 e. The Hall–Kier alpha value is -2.41. The lowest BCUT2D eigenvalue weighted by atomic mass is 10.2. The maximum atomic E-state index is 11.4. The van der Waals surface area contributed by atoms with Crippen LogP contribution in [-0.2, 0) is 23.9 Å². The number of anilines is 1. The largest absolute Gasteiger partial charge is 0.469 e. The second-order valence-electron chi connectivity index (χ2n) is 3.90. The number of esters is 3. The van der Waals surface area contributed by atoms with Crippen LogP contribution in [0.25, 0.3) is 0 Å². The van der Waals surface area contributed by atoms with Crippen molar-refractivity contribution in [3.8, 4) is 0 Å². The smallest absolute Gasteiger partial charge is 0.333 e. The van der Waals surface area contributed by atoms with Gasteiger partial charge < -0.3 is 20.5 Å². The van der Waals surface area contributed by atoms with E-state index in [1.54, 1.807) is 24.3 Å². The third-order valence-electron chi connectivity index (χ3n) is 2.34. The predicted molar refractivity (Wildman–Crippen MR) is 70.6 cm³/mol. The molecule has 0 fully saturated rings. The van der Waals surface area contributed by atoms with E-state index >= 15 is 0 Å². The highest BCUT2D eigenvalue weighted by Gasteiger charge is 2.21. The first-order valence-electron chi connectivity index (χ1n) is 5.88. The molecule has 0 spiro atoms. The fourth-order valence-electron chi connectivity index (χ4n) is 1.30. The molecule has 0 amide bonds. The first kappa shape index (κ1) is 15.6. The number of nitrogens with two attached hydrogens (primary N) is 1. The molecule has 1 aromatic carbocycles. The molecule has 0 unspecified atom stereocenters. The maximum absolute atomic E-state index is 11.4. The Kier molecular flexibility index (Phi) is 6.18. The van der Waals surface area contributed by atoms with E-state index in [1.165, 1.54) is 7.11 Å². The highest BCUT2D eigenvalue weighted by Crippen LogP contribution is 2.04. The van der Waals surface area contributed by atoms with E-state index in [2.05, 4.69) is 14.8 Å². The molecule has 0 saturated carbocycles. The van der Waals surface area contributed by atoms with Gasteiger partial charge in [0.05, 0.1) is 13.5 Å². The Morgan fingerprint density at radius 1 is 1.20 bits per heavy atom. The Balaban J connectivity index is 2.34. The van der Waals surface area contributed by atoms with Crippen molar-refractivity contribution in [2.75, 3.05) is 19.0 Å². The molecule has 7 nitrogen and oxygen atoms in total. The van der Waals surface area contributed by atoms with Gasteiger partial charge >= 0.3 is 17.9 Å². The molecule has 1 atom stereocenters. The summed E-state index contributed by atoms with van der Waals surface area (Å²) in [4.78, 5) is 33.7. The summed E-state index contributed by atoms with van der Waals surface area (Å²) < 4.78 is 8.86. The molecule has 0 radical (unpaired) electrons. The van der Waals surface area contributed by atoms with Crippen molar-refractivity contribution in [2.24, 2.45) is 5.73 Å². The number of methoxy groups -OCH3 is 1. The van der Waals surface area contributed by atoms with E-state index < -0.39 is 23.9 Å². The molecule has 1 rings (SSSR count). The van der Waals surface area contributed by atoms with Gasteiger partial charge in [-0.3, -0.25) is 4.79 Å². The number of nitrogens with one attached hydrogen (secondary N) is 1. The fourth-order valence-corrected chi connectivity index (χ4v) is 1.30. The van der Waals surface area contributed by atoms with Gasteiger partial charge in [0.15, 0.2) is 0 Å². The van der Waals surface area contributed by atoms with Gasteiger partial charge in [0, 0.05) is 5.69 Å². The Morgan fingerprint density at radius 3 is 2.45 bits per heavy atom. The number of benzene rings is 1. The molecule has 0 aromatic heterocycles. The van der Waals surface area contributed by atoms with Crippen LogP contribution in [-0.4, -0.2) is 37.6 Å². The molecular formula is C13H16N2O5. The normalized spacial score (nSPS) is 11.3. The zero-order valence-corrected chi connectivity index (χ0v) is 11.0. The third-order valence-corrected chi connectivity index (χ3v) is 2.34. The minimum Gasteiger partial charge on any atom is -0.469 e. The van der Waals surface area contributed by atoms with Crippen LogP contribution in [0.2, 0.25) is 0 Å². The molecular weight excluding hydrogens is 264 g/mol. The van der Waals surface area contributed by atoms with Gasteiger partial charge in [-0.25, -0.2) is 9.59 Å². The summed E-state index contributed by atoms with van der Waals surface area (Å²) in [7, 11) is 1.18. The average molecular weight is 280 g/mol. The lowest BCUT2D eigenvalue weighted by molar-refractivity contribution is -0.161. The Morgan fingerprint density at radius 2 is 1.85 bits per heavy atom. The van der Waals surface area contributed by atoms with E-state index in [0.29, 0.717) is 0 Å². The molecule has 3 N–H and O–H groups in total. The quantitative estimate of drug-likeness (QED) is 0.560. The lowest BCUT2D eigenvalue weighted by Gasteiger charge is -2.10. The Bertz CT molecular complexity index is 475. The molecule has 0 bridgehead atoms. The number of ether oxygens (including phenoxy) is 2. The summed E-state index contributed by atoms with van der Waals surface area (Å²) >= 11 is 0. The summed E-state index contributed by atoms with van der Waals surface area (Å²) in [6.45, 7) is -0.180. The van der Waals surface area contributed by atoms with Crippen molar-refractivity contribution >= 4 is 23.6 Å². The van der Waals surface area contributed by atoms with Crippen LogP contribution in [0.15, 0.2) is 30.3 Å². The van der Waals surface area contributed by atoms with Crippen molar-refractivity contribution in [1.82, 2.24) is 0 Å². The fraction of sp³-hybridized carbons (Fsp3) is 0.308. The molecule has 7 heteroatoms. The van der Waals surface area contributed by atoms with Gasteiger partial charge in [0.25, 0.3) is 0 Å². The number of carbonyl (C=O) groups is 3. The molecule has 0 aliphatic rings. The zero-order valence-electron chi connectivity index (χ0n) is 11.0. The molecule has 0 saturated heterocycles. The van der Waals surface area contributed by atoms with Gasteiger partial charge in [0.2, 0.25) is 0 Å². The van der Waals surface area contributed by atoms with Gasteiger partial charge in [-0.1, -0.05) is 18.2 Å². The molecule has 0 aliphatic carbocycles. The first-order chi connectivity index (χ1) is 9.52. The van der Waals surface area contributed by atoms with Crippen molar-refractivity contribution in [3.63, 3.8) is 0 Å². The highest BCUT2D eigenvalue weighted by molar-refractivity contribution is 5.92. The number of hydrogen-bond acceptors (Lipinski definition) is 7. The number of hydrogen-bond donors (Lipinski definition) is 2. The number of para-hydroxylation sites is 1. The summed E-state index contributed by atoms with van der Waals surface area (Å²) in [6, 6.07) is 7.73. The standard InChI is InChI=1S/C13H16N2O5/c1-19-11(16)7-10(14)13(18)20-12(17)8-15-9-5-3-2-4-6-9/h2-6,10,15H,7-8,14H2,1H3/t10-/m0/s1. The van der Waals surface area contributed by atoms with Gasteiger partial charge in [-0.15, -0.1) is 0 Å². The van der Waals surface area contributed by atoms with Crippen molar-refractivity contribution in [1.29, 1.82) is 0 Å². The molecule has 108 valence electrons. The van der Waals surface area contributed by atoms with Crippen LogP contribution in [0.4, 0.5) is 5.69 Å².